The van der Waals surface area contributed by atoms with E-state index in [-0.39, 0.29) is 17.4 Å². The van der Waals surface area contributed by atoms with Gasteiger partial charge in [-0.05, 0) is 113 Å². The van der Waals surface area contributed by atoms with Crippen LogP contribution >= 0.6 is 27.7 Å². The van der Waals surface area contributed by atoms with Crippen LogP contribution < -0.4 is 20.1 Å². The first-order valence-corrected chi connectivity index (χ1v) is 14.1. The highest BCUT2D eigenvalue weighted by molar-refractivity contribution is 9.10. The number of imide groups is 1. The Labute approximate surface area is 250 Å². The summed E-state index contributed by atoms with van der Waals surface area (Å²) in [6.45, 7) is 5.20. The first-order valence-electron chi connectivity index (χ1n) is 12.5. The van der Waals surface area contributed by atoms with Crippen LogP contribution in [0.15, 0.2) is 64.0 Å². The number of rotatable bonds is 9. The fourth-order valence-corrected chi connectivity index (χ4v) is 5.35. The first-order chi connectivity index (χ1) is 19.5. The lowest BCUT2D eigenvalue weighted by molar-refractivity contribution is -0.127. The molecular formula is C30H28BrN3O6S. The van der Waals surface area contributed by atoms with Gasteiger partial charge in [0.25, 0.3) is 17.1 Å². The smallest absolute Gasteiger partial charge is 0.294 e. The van der Waals surface area contributed by atoms with Gasteiger partial charge in [0.1, 0.15) is 6.54 Å². The molecular weight excluding hydrogens is 610 g/mol. The third-order valence-electron chi connectivity index (χ3n) is 6.18. The molecule has 1 saturated heterocycles. The molecule has 1 aliphatic rings. The third-order valence-corrected chi connectivity index (χ3v) is 7.74. The minimum Gasteiger partial charge on any atom is -0.493 e. The Hall–Kier alpha value is -4.09. The second-order valence-electron chi connectivity index (χ2n) is 9.35. The predicted octanol–water partition coefficient (Wildman–Crippen LogP) is 6.08. The van der Waals surface area contributed by atoms with Gasteiger partial charge in [0, 0.05) is 10.2 Å². The number of carbonyl (C=O) groups is 4. The van der Waals surface area contributed by atoms with Crippen molar-refractivity contribution in [3.05, 3.63) is 86.2 Å². The lowest BCUT2D eigenvalue weighted by Crippen LogP contribution is -2.36. The Morgan fingerprint density at radius 1 is 0.951 bits per heavy atom. The van der Waals surface area contributed by atoms with Gasteiger partial charge in [-0.15, -0.1) is 0 Å². The Bertz CT molecular complexity index is 1570. The molecule has 11 heteroatoms. The molecule has 2 N–H and O–H groups in total. The Kier molecular flexibility index (Phi) is 9.51. The zero-order chi connectivity index (χ0) is 29.7. The number of amides is 4. The molecule has 3 aromatic rings. The van der Waals surface area contributed by atoms with Crippen LogP contribution in [0.2, 0.25) is 0 Å². The number of halogens is 1. The van der Waals surface area contributed by atoms with Crippen molar-refractivity contribution < 1.29 is 28.7 Å². The highest BCUT2D eigenvalue weighted by atomic mass is 79.9. The number of ether oxygens (including phenoxy) is 2. The van der Waals surface area contributed by atoms with E-state index in [0.717, 1.165) is 37.8 Å². The first kappa shape index (κ1) is 29.9. The van der Waals surface area contributed by atoms with Gasteiger partial charge in [-0.1, -0.05) is 18.2 Å². The number of hydrogen-bond donors (Lipinski definition) is 2. The van der Waals surface area contributed by atoms with Crippen molar-refractivity contribution in [3.8, 4) is 11.5 Å². The van der Waals surface area contributed by atoms with Gasteiger partial charge in [-0.25, -0.2) is 0 Å². The van der Waals surface area contributed by atoms with Crippen LogP contribution in [0.25, 0.3) is 6.08 Å². The maximum absolute atomic E-state index is 12.9. The summed E-state index contributed by atoms with van der Waals surface area (Å²) in [5.41, 5.74) is 4.92. The summed E-state index contributed by atoms with van der Waals surface area (Å²) in [6, 6.07) is 16.0. The molecule has 0 aliphatic carbocycles. The van der Waals surface area contributed by atoms with E-state index in [1.54, 1.807) is 42.5 Å². The van der Waals surface area contributed by atoms with Crippen molar-refractivity contribution in [2.45, 2.75) is 20.8 Å². The zero-order valence-electron chi connectivity index (χ0n) is 22.9. The molecule has 9 nitrogen and oxygen atoms in total. The second-order valence-corrected chi connectivity index (χ2v) is 11.2. The van der Waals surface area contributed by atoms with Gasteiger partial charge in [-0.2, -0.15) is 0 Å². The number of hydrogen-bond acceptors (Lipinski definition) is 7. The van der Waals surface area contributed by atoms with Gasteiger partial charge < -0.3 is 20.1 Å². The van der Waals surface area contributed by atoms with Crippen molar-refractivity contribution in [2.24, 2.45) is 0 Å². The van der Waals surface area contributed by atoms with E-state index in [4.69, 9.17) is 9.47 Å². The summed E-state index contributed by atoms with van der Waals surface area (Å²) in [4.78, 5) is 51.5. The number of methoxy groups -OCH3 is 1. The Morgan fingerprint density at radius 3 is 2.44 bits per heavy atom. The van der Waals surface area contributed by atoms with Crippen LogP contribution in [0.5, 0.6) is 11.5 Å². The summed E-state index contributed by atoms with van der Waals surface area (Å²) < 4.78 is 11.9. The maximum atomic E-state index is 12.9. The summed E-state index contributed by atoms with van der Waals surface area (Å²) in [6.07, 6.45) is 1.54. The van der Waals surface area contributed by atoms with Crippen LogP contribution in [0.4, 0.5) is 16.2 Å². The molecule has 1 heterocycles. The van der Waals surface area contributed by atoms with Gasteiger partial charge in [0.2, 0.25) is 5.91 Å². The van der Waals surface area contributed by atoms with Crippen LogP contribution in [0, 0.1) is 20.8 Å². The topological polar surface area (TPSA) is 114 Å². The number of aryl methyl sites for hydroxylation is 3. The number of nitrogens with zero attached hydrogens (tertiary/aromatic N) is 1. The summed E-state index contributed by atoms with van der Waals surface area (Å²) in [5.74, 6) is -0.708. The number of benzene rings is 3. The molecule has 0 radical (unpaired) electrons. The Balaban J connectivity index is 1.39. The quantitative estimate of drug-likeness (QED) is 0.274. The average Bonchev–Trinajstić information content (AvgIpc) is 3.18. The van der Waals surface area contributed by atoms with Crippen molar-refractivity contribution >= 4 is 68.1 Å². The minimum atomic E-state index is -0.562. The minimum absolute atomic E-state index is 0.174. The van der Waals surface area contributed by atoms with Crippen molar-refractivity contribution in [2.75, 3.05) is 30.9 Å². The number of anilines is 2. The van der Waals surface area contributed by atoms with E-state index in [1.807, 2.05) is 39.0 Å². The molecule has 0 atom stereocenters. The van der Waals surface area contributed by atoms with Crippen LogP contribution in [0.1, 0.15) is 22.3 Å². The standard InChI is InChI=1S/C30H28BrN3O6S/c1-17-6-5-7-21(10-17)32-27(35)15-34-29(37)26(41-30(34)38)14-20-8-9-24(25(13-20)39-4)40-16-28(36)33-23-12-19(3)18(2)11-22(23)31/h5-14H,15-16H2,1-4H3,(H,32,35)(H,33,36)/b26-14+. The number of carbonyl (C=O) groups excluding carboxylic acids is 4. The van der Waals surface area contributed by atoms with Crippen LogP contribution in [-0.4, -0.2) is 48.1 Å². The van der Waals surface area contributed by atoms with Gasteiger partial charge >= 0.3 is 0 Å². The third kappa shape index (κ3) is 7.56. The van der Waals surface area contributed by atoms with Crippen molar-refractivity contribution in [1.29, 1.82) is 0 Å². The fourth-order valence-electron chi connectivity index (χ4n) is 3.95. The van der Waals surface area contributed by atoms with E-state index in [9.17, 15) is 19.2 Å². The van der Waals surface area contributed by atoms with Gasteiger partial charge in [0.05, 0.1) is 17.7 Å². The molecule has 0 bridgehead atoms. The molecule has 1 aliphatic heterocycles. The number of thioether (sulfide) groups is 1. The SMILES string of the molecule is COc1cc(/C=C2/SC(=O)N(CC(=O)Nc3cccc(C)c3)C2=O)ccc1OCC(=O)Nc1cc(C)c(C)cc1Br. The van der Waals surface area contributed by atoms with E-state index in [1.165, 1.54) is 7.11 Å². The fraction of sp³-hybridized carbons (Fsp3) is 0.200. The molecule has 0 unspecified atom stereocenters. The van der Waals surface area contributed by atoms with E-state index < -0.39 is 23.6 Å². The van der Waals surface area contributed by atoms with Gasteiger partial charge in [0.15, 0.2) is 18.1 Å². The highest BCUT2D eigenvalue weighted by Crippen LogP contribution is 2.34. The van der Waals surface area contributed by atoms with Crippen molar-refractivity contribution in [3.63, 3.8) is 0 Å². The lowest BCUT2D eigenvalue weighted by atomic mass is 10.1. The normalized spacial score (nSPS) is 13.9. The molecule has 1 fully saturated rings. The molecule has 212 valence electrons. The van der Waals surface area contributed by atoms with Crippen LogP contribution in [0.3, 0.4) is 0 Å². The monoisotopic (exact) mass is 637 g/mol. The molecule has 0 aromatic heterocycles. The second kappa shape index (κ2) is 13.0. The summed E-state index contributed by atoms with van der Waals surface area (Å²) in [5, 5.41) is 4.99. The van der Waals surface area contributed by atoms with E-state index in [0.29, 0.717) is 28.4 Å². The average molecular weight is 639 g/mol. The van der Waals surface area contributed by atoms with E-state index in [2.05, 4.69) is 26.6 Å². The maximum Gasteiger partial charge on any atom is 0.294 e. The molecule has 4 amide bonds. The molecule has 0 spiro atoms. The van der Waals surface area contributed by atoms with Gasteiger partial charge in [-0.3, -0.25) is 24.1 Å². The molecule has 3 aromatic carbocycles. The molecule has 4 rings (SSSR count). The lowest BCUT2D eigenvalue weighted by Gasteiger charge is -2.13. The molecule has 0 saturated carbocycles. The highest BCUT2D eigenvalue weighted by Gasteiger charge is 2.36. The largest absolute Gasteiger partial charge is 0.493 e. The summed E-state index contributed by atoms with van der Waals surface area (Å²) >= 11 is 4.21. The number of nitrogens with one attached hydrogen (secondary N) is 2. The van der Waals surface area contributed by atoms with Crippen LogP contribution in [-0.2, 0) is 14.4 Å². The van der Waals surface area contributed by atoms with Crippen molar-refractivity contribution in [1.82, 2.24) is 4.90 Å². The summed E-state index contributed by atoms with van der Waals surface area (Å²) in [7, 11) is 1.46. The molecule has 41 heavy (non-hydrogen) atoms. The zero-order valence-corrected chi connectivity index (χ0v) is 25.3. The Morgan fingerprint density at radius 2 is 1.71 bits per heavy atom. The predicted molar refractivity (Wildman–Crippen MR) is 163 cm³/mol. The van der Waals surface area contributed by atoms with E-state index >= 15 is 0 Å².